The summed E-state index contributed by atoms with van der Waals surface area (Å²) in [5, 5.41) is 3.10. The molecule has 0 saturated heterocycles. The summed E-state index contributed by atoms with van der Waals surface area (Å²) in [6.07, 6.45) is 5.30. The van der Waals surface area contributed by atoms with E-state index in [-0.39, 0.29) is 23.9 Å². The number of nitrogens with zero attached hydrogens (tertiary/aromatic N) is 2. The quantitative estimate of drug-likeness (QED) is 0.907. The molecule has 5 nitrogen and oxygen atoms in total. The van der Waals surface area contributed by atoms with Crippen molar-refractivity contribution >= 4 is 6.03 Å². The first-order chi connectivity index (χ1) is 12.7. The van der Waals surface area contributed by atoms with Crippen LogP contribution in [0.1, 0.15) is 43.0 Å². The van der Waals surface area contributed by atoms with E-state index in [1.165, 1.54) is 12.1 Å². The second-order valence-electron chi connectivity index (χ2n) is 6.86. The number of hydrogen-bond acceptors (Lipinski definition) is 3. The van der Waals surface area contributed by atoms with Crippen molar-refractivity contribution in [1.29, 1.82) is 0 Å². The van der Waals surface area contributed by atoms with Crippen LogP contribution in [-0.2, 0) is 6.54 Å². The summed E-state index contributed by atoms with van der Waals surface area (Å²) < 4.78 is 19.4. The van der Waals surface area contributed by atoms with Crippen LogP contribution in [0, 0.1) is 5.82 Å². The molecule has 2 amide bonds. The van der Waals surface area contributed by atoms with E-state index in [1.807, 2.05) is 23.1 Å². The lowest BCUT2D eigenvalue weighted by atomic mass is 10.0. The molecule has 0 radical (unpaired) electrons. The molecule has 136 valence electrons. The molecule has 1 aliphatic carbocycles. The van der Waals surface area contributed by atoms with E-state index in [0.29, 0.717) is 24.5 Å². The first-order valence-corrected chi connectivity index (χ1v) is 9.10. The van der Waals surface area contributed by atoms with Crippen molar-refractivity contribution in [2.24, 2.45) is 0 Å². The van der Waals surface area contributed by atoms with E-state index >= 15 is 0 Å². The minimum Gasteiger partial charge on any atom is -0.493 e. The monoisotopic (exact) mass is 355 g/mol. The molecule has 1 atom stereocenters. The summed E-state index contributed by atoms with van der Waals surface area (Å²) in [6, 6.07) is 10.1. The minimum absolute atomic E-state index is 0.125. The SMILES string of the molecule is O=C(N[C@@H]1CCCOc2ccc(F)cc21)N(Cc1ccccn1)C1CC1. The predicted molar refractivity (Wildman–Crippen MR) is 95.2 cm³/mol. The van der Waals surface area contributed by atoms with Gasteiger partial charge in [-0.05, 0) is 56.0 Å². The molecule has 0 unspecified atom stereocenters. The molecule has 1 fully saturated rings. The van der Waals surface area contributed by atoms with Crippen molar-refractivity contribution in [3.8, 4) is 5.75 Å². The number of carbonyl (C=O) groups excluding carboxylic acids is 1. The largest absolute Gasteiger partial charge is 0.493 e. The average Bonchev–Trinajstić information content (AvgIpc) is 3.49. The van der Waals surface area contributed by atoms with Crippen LogP contribution in [0.2, 0.25) is 0 Å². The highest BCUT2D eigenvalue weighted by molar-refractivity contribution is 5.75. The number of pyridine rings is 1. The molecule has 6 heteroatoms. The Morgan fingerprint density at radius 3 is 2.92 bits per heavy atom. The summed E-state index contributed by atoms with van der Waals surface area (Å²) in [6.45, 7) is 1.06. The molecular weight excluding hydrogens is 333 g/mol. The maximum Gasteiger partial charge on any atom is 0.318 e. The Morgan fingerprint density at radius 2 is 2.15 bits per heavy atom. The Balaban J connectivity index is 1.52. The summed E-state index contributed by atoms with van der Waals surface area (Å²) >= 11 is 0. The summed E-state index contributed by atoms with van der Waals surface area (Å²) in [4.78, 5) is 19.1. The van der Waals surface area contributed by atoms with Gasteiger partial charge in [0.15, 0.2) is 0 Å². The third-order valence-electron chi connectivity index (χ3n) is 4.85. The lowest BCUT2D eigenvalue weighted by Gasteiger charge is -2.26. The van der Waals surface area contributed by atoms with Crippen molar-refractivity contribution in [3.05, 3.63) is 59.7 Å². The second kappa shape index (κ2) is 7.32. The number of aromatic nitrogens is 1. The highest BCUT2D eigenvalue weighted by Crippen LogP contribution is 2.33. The highest BCUT2D eigenvalue weighted by Gasteiger charge is 2.34. The molecular formula is C20H22FN3O2. The molecule has 2 heterocycles. The summed E-state index contributed by atoms with van der Waals surface area (Å²) in [5.74, 6) is 0.331. The first-order valence-electron chi connectivity index (χ1n) is 9.10. The average molecular weight is 355 g/mol. The third-order valence-corrected chi connectivity index (χ3v) is 4.85. The van der Waals surface area contributed by atoms with Crippen LogP contribution in [0.4, 0.5) is 9.18 Å². The zero-order valence-electron chi connectivity index (χ0n) is 14.5. The van der Waals surface area contributed by atoms with Gasteiger partial charge in [-0.2, -0.15) is 0 Å². The van der Waals surface area contributed by atoms with Crippen LogP contribution in [0.25, 0.3) is 0 Å². The Hall–Kier alpha value is -2.63. The number of fused-ring (bicyclic) bond motifs is 1. The minimum atomic E-state index is -0.318. The fourth-order valence-corrected chi connectivity index (χ4v) is 3.35. The van der Waals surface area contributed by atoms with Gasteiger partial charge in [-0.1, -0.05) is 6.07 Å². The summed E-state index contributed by atoms with van der Waals surface area (Å²) in [7, 11) is 0. The van der Waals surface area contributed by atoms with E-state index in [0.717, 1.165) is 31.4 Å². The normalized spacial score (nSPS) is 19.0. The second-order valence-corrected chi connectivity index (χ2v) is 6.86. The smallest absolute Gasteiger partial charge is 0.318 e. The van der Waals surface area contributed by atoms with Crippen molar-refractivity contribution < 1.29 is 13.9 Å². The molecule has 1 N–H and O–H groups in total. The van der Waals surface area contributed by atoms with E-state index in [9.17, 15) is 9.18 Å². The van der Waals surface area contributed by atoms with Gasteiger partial charge in [0.1, 0.15) is 11.6 Å². The van der Waals surface area contributed by atoms with Gasteiger partial charge in [-0.3, -0.25) is 4.98 Å². The molecule has 1 saturated carbocycles. The van der Waals surface area contributed by atoms with Gasteiger partial charge in [0.05, 0.1) is 24.9 Å². The third kappa shape index (κ3) is 3.79. The fraction of sp³-hybridized carbons (Fsp3) is 0.400. The van der Waals surface area contributed by atoms with Gasteiger partial charge in [0.25, 0.3) is 0 Å². The zero-order valence-corrected chi connectivity index (χ0v) is 14.5. The summed E-state index contributed by atoms with van der Waals surface area (Å²) in [5.41, 5.74) is 1.58. The Labute approximate surface area is 152 Å². The molecule has 26 heavy (non-hydrogen) atoms. The van der Waals surface area contributed by atoms with Gasteiger partial charge in [-0.15, -0.1) is 0 Å². The van der Waals surface area contributed by atoms with Gasteiger partial charge < -0.3 is 15.0 Å². The van der Waals surface area contributed by atoms with Crippen molar-refractivity contribution in [2.75, 3.05) is 6.61 Å². The Morgan fingerprint density at radius 1 is 1.27 bits per heavy atom. The molecule has 1 aromatic carbocycles. The predicted octanol–water partition coefficient (Wildman–Crippen LogP) is 3.81. The lowest BCUT2D eigenvalue weighted by Crippen LogP contribution is -2.42. The number of benzene rings is 1. The maximum absolute atomic E-state index is 13.7. The number of nitrogens with one attached hydrogen (secondary N) is 1. The fourth-order valence-electron chi connectivity index (χ4n) is 3.35. The molecule has 0 spiro atoms. The molecule has 1 aromatic heterocycles. The van der Waals surface area contributed by atoms with Gasteiger partial charge >= 0.3 is 6.03 Å². The van der Waals surface area contributed by atoms with Crippen molar-refractivity contribution in [3.63, 3.8) is 0 Å². The molecule has 2 aromatic rings. The van der Waals surface area contributed by atoms with Gasteiger partial charge in [0.2, 0.25) is 0 Å². The van der Waals surface area contributed by atoms with Crippen LogP contribution < -0.4 is 10.1 Å². The molecule has 2 aliphatic rings. The van der Waals surface area contributed by atoms with E-state index in [1.54, 1.807) is 12.3 Å². The molecule has 1 aliphatic heterocycles. The topological polar surface area (TPSA) is 54.5 Å². The van der Waals surface area contributed by atoms with E-state index in [2.05, 4.69) is 10.3 Å². The zero-order chi connectivity index (χ0) is 17.9. The highest BCUT2D eigenvalue weighted by atomic mass is 19.1. The van der Waals surface area contributed by atoms with Crippen molar-refractivity contribution in [2.45, 2.75) is 44.3 Å². The number of hydrogen-bond donors (Lipinski definition) is 1. The van der Waals surface area contributed by atoms with Crippen molar-refractivity contribution in [1.82, 2.24) is 15.2 Å². The number of carbonyl (C=O) groups is 1. The van der Waals surface area contributed by atoms with E-state index in [4.69, 9.17) is 4.74 Å². The molecule has 0 bridgehead atoms. The van der Waals surface area contributed by atoms with Crippen LogP contribution in [-0.4, -0.2) is 28.6 Å². The standard InChI is InChI=1S/C20H22FN3O2/c21-14-6-9-19-17(12-14)18(5-3-11-26-19)23-20(25)24(16-7-8-16)13-15-4-1-2-10-22-15/h1-2,4,6,9-10,12,16,18H,3,5,7-8,11,13H2,(H,23,25)/t18-/m1/s1. The van der Waals surface area contributed by atoms with Gasteiger partial charge in [-0.25, -0.2) is 9.18 Å². The first kappa shape index (κ1) is 16.8. The number of ether oxygens (including phenoxy) is 1. The maximum atomic E-state index is 13.7. The van der Waals surface area contributed by atoms with Gasteiger partial charge in [0, 0.05) is 17.8 Å². The van der Waals surface area contributed by atoms with E-state index < -0.39 is 0 Å². The lowest BCUT2D eigenvalue weighted by molar-refractivity contribution is 0.186. The molecule has 4 rings (SSSR count). The number of urea groups is 1. The van der Waals surface area contributed by atoms with Crippen LogP contribution >= 0.6 is 0 Å². The Kier molecular flexibility index (Phi) is 4.73. The Bertz CT molecular complexity index is 780. The number of amides is 2. The van der Waals surface area contributed by atoms with Crippen LogP contribution in [0.5, 0.6) is 5.75 Å². The van der Waals surface area contributed by atoms with Crippen LogP contribution in [0.15, 0.2) is 42.6 Å². The van der Waals surface area contributed by atoms with Crippen LogP contribution in [0.3, 0.4) is 0 Å². The number of halogens is 1. The number of rotatable bonds is 4.